The monoisotopic (exact) mass is 194 g/mol. The van der Waals surface area contributed by atoms with Gasteiger partial charge in [-0.05, 0) is 25.2 Å². The lowest BCUT2D eigenvalue weighted by Gasteiger charge is -2.32. The summed E-state index contributed by atoms with van der Waals surface area (Å²) < 4.78 is 0. The highest BCUT2D eigenvalue weighted by Gasteiger charge is 2.42. The second kappa shape index (κ2) is 3.23. The quantitative estimate of drug-likeness (QED) is 0.663. The van der Waals surface area contributed by atoms with E-state index < -0.39 is 0 Å². The maximum atomic E-state index is 12.1. The van der Waals surface area contributed by atoms with E-state index in [2.05, 4.69) is 10.2 Å². The molecule has 0 unspecified atom stereocenters. The van der Waals surface area contributed by atoms with Gasteiger partial charge in [0, 0.05) is 31.6 Å². The summed E-state index contributed by atoms with van der Waals surface area (Å²) in [6, 6.07) is 0.531. The molecule has 1 saturated carbocycles. The van der Waals surface area contributed by atoms with Crippen LogP contribution in [0.1, 0.15) is 25.7 Å². The van der Waals surface area contributed by atoms with E-state index in [1.165, 1.54) is 12.8 Å². The number of hydrogen-bond acceptors (Lipinski definition) is 2. The van der Waals surface area contributed by atoms with E-state index in [9.17, 15) is 4.79 Å². The fourth-order valence-electron chi connectivity index (χ4n) is 3.01. The maximum Gasteiger partial charge on any atom is 0.225 e. The summed E-state index contributed by atoms with van der Waals surface area (Å²) in [6.45, 7) is 3.18. The van der Waals surface area contributed by atoms with Crippen molar-refractivity contribution in [1.82, 2.24) is 10.2 Å². The lowest BCUT2D eigenvalue weighted by molar-refractivity contribution is -0.138. The zero-order chi connectivity index (χ0) is 9.54. The van der Waals surface area contributed by atoms with Crippen LogP contribution in [0.15, 0.2) is 0 Å². The van der Waals surface area contributed by atoms with Crippen LogP contribution >= 0.6 is 0 Å². The van der Waals surface area contributed by atoms with Crippen LogP contribution in [-0.4, -0.2) is 36.5 Å². The first-order valence-corrected chi connectivity index (χ1v) is 5.87. The van der Waals surface area contributed by atoms with Gasteiger partial charge < -0.3 is 10.2 Å². The van der Waals surface area contributed by atoms with Gasteiger partial charge in [-0.3, -0.25) is 4.79 Å². The summed E-state index contributed by atoms with van der Waals surface area (Å²) in [5.41, 5.74) is 0. The zero-order valence-electron chi connectivity index (χ0n) is 8.54. The second-order valence-electron chi connectivity index (χ2n) is 4.93. The minimum Gasteiger partial charge on any atom is -0.338 e. The number of carbonyl (C=O) groups is 1. The Bertz CT molecular complexity index is 250. The number of nitrogens with zero attached hydrogens (tertiary/aromatic N) is 1. The van der Waals surface area contributed by atoms with Gasteiger partial charge in [-0.2, -0.15) is 0 Å². The molecular formula is C11H18N2O. The Balaban J connectivity index is 1.69. The fraction of sp³-hybridized carbons (Fsp3) is 0.909. The maximum absolute atomic E-state index is 12.1. The highest BCUT2D eigenvalue weighted by atomic mass is 16.2. The molecule has 3 rings (SSSR count). The number of likely N-dealkylation sites (tertiary alicyclic amines) is 1. The van der Waals surface area contributed by atoms with E-state index in [4.69, 9.17) is 0 Å². The molecule has 0 aromatic carbocycles. The highest BCUT2D eigenvalue weighted by molar-refractivity contribution is 5.80. The van der Waals surface area contributed by atoms with Gasteiger partial charge in [0.05, 0.1) is 0 Å². The predicted molar refractivity (Wildman–Crippen MR) is 53.8 cm³/mol. The number of fused-ring (bicyclic) bond motifs is 1. The van der Waals surface area contributed by atoms with Gasteiger partial charge in [0.2, 0.25) is 5.91 Å². The largest absolute Gasteiger partial charge is 0.338 e. The molecule has 14 heavy (non-hydrogen) atoms. The Morgan fingerprint density at radius 2 is 2.07 bits per heavy atom. The molecule has 2 atom stereocenters. The van der Waals surface area contributed by atoms with Crippen LogP contribution in [0.2, 0.25) is 0 Å². The first-order valence-electron chi connectivity index (χ1n) is 5.87. The zero-order valence-corrected chi connectivity index (χ0v) is 8.54. The van der Waals surface area contributed by atoms with Crippen molar-refractivity contribution in [2.45, 2.75) is 31.7 Å². The summed E-state index contributed by atoms with van der Waals surface area (Å²) in [6.07, 6.45) is 4.76. The van der Waals surface area contributed by atoms with Crippen molar-refractivity contribution in [3.63, 3.8) is 0 Å². The minimum atomic E-state index is 0.384. The Morgan fingerprint density at radius 3 is 2.79 bits per heavy atom. The standard InChI is InChI=1S/C11H18N2O/c14-11(8-2-1-3-8)13-5-4-9-6-12-7-10(9)13/h8-10,12H,1-7H2/t9-,10+/m1/s1. The topological polar surface area (TPSA) is 32.3 Å². The molecule has 3 fully saturated rings. The average molecular weight is 194 g/mol. The Labute approximate surface area is 84.8 Å². The molecule has 1 N–H and O–H groups in total. The first-order chi connectivity index (χ1) is 6.86. The summed E-state index contributed by atoms with van der Waals surface area (Å²) >= 11 is 0. The van der Waals surface area contributed by atoms with Gasteiger partial charge in [0.1, 0.15) is 0 Å². The second-order valence-corrected chi connectivity index (χ2v) is 4.93. The normalized spacial score (nSPS) is 37.0. The van der Waals surface area contributed by atoms with Crippen LogP contribution in [0.25, 0.3) is 0 Å². The molecule has 3 heteroatoms. The molecule has 0 aromatic heterocycles. The fourth-order valence-corrected chi connectivity index (χ4v) is 3.01. The van der Waals surface area contributed by atoms with Gasteiger partial charge in [0.25, 0.3) is 0 Å². The molecule has 0 spiro atoms. The smallest absolute Gasteiger partial charge is 0.225 e. The average Bonchev–Trinajstić information content (AvgIpc) is 2.57. The molecule has 1 amide bonds. The van der Waals surface area contributed by atoms with Gasteiger partial charge in [0.15, 0.2) is 0 Å². The van der Waals surface area contributed by atoms with Crippen molar-refractivity contribution in [2.75, 3.05) is 19.6 Å². The van der Waals surface area contributed by atoms with E-state index in [-0.39, 0.29) is 0 Å². The van der Waals surface area contributed by atoms with E-state index in [0.29, 0.717) is 17.9 Å². The van der Waals surface area contributed by atoms with Crippen molar-refractivity contribution in [3.8, 4) is 0 Å². The summed E-state index contributed by atoms with van der Waals surface area (Å²) in [5, 5.41) is 3.39. The lowest BCUT2D eigenvalue weighted by atomic mass is 9.84. The predicted octanol–water partition coefficient (Wildman–Crippen LogP) is 0.607. The van der Waals surface area contributed by atoms with Crippen molar-refractivity contribution in [1.29, 1.82) is 0 Å². The summed E-state index contributed by atoms with van der Waals surface area (Å²) in [5.74, 6) is 1.58. The van der Waals surface area contributed by atoms with E-state index >= 15 is 0 Å². The number of carbonyl (C=O) groups excluding carboxylic acids is 1. The van der Waals surface area contributed by atoms with Crippen molar-refractivity contribution in [3.05, 3.63) is 0 Å². The summed E-state index contributed by atoms with van der Waals surface area (Å²) in [4.78, 5) is 14.2. The molecule has 1 aliphatic carbocycles. The van der Waals surface area contributed by atoms with Gasteiger partial charge >= 0.3 is 0 Å². The Morgan fingerprint density at radius 1 is 1.21 bits per heavy atom. The highest BCUT2D eigenvalue weighted by Crippen LogP contribution is 2.33. The van der Waals surface area contributed by atoms with Crippen LogP contribution in [0, 0.1) is 11.8 Å². The van der Waals surface area contributed by atoms with E-state index in [0.717, 1.165) is 38.4 Å². The van der Waals surface area contributed by atoms with Gasteiger partial charge in [-0.25, -0.2) is 0 Å². The van der Waals surface area contributed by atoms with Crippen LogP contribution in [0.5, 0.6) is 0 Å². The van der Waals surface area contributed by atoms with Crippen molar-refractivity contribution in [2.24, 2.45) is 11.8 Å². The molecule has 3 nitrogen and oxygen atoms in total. The van der Waals surface area contributed by atoms with Crippen LogP contribution in [0.4, 0.5) is 0 Å². The molecule has 0 radical (unpaired) electrons. The van der Waals surface area contributed by atoms with Crippen LogP contribution < -0.4 is 5.32 Å². The van der Waals surface area contributed by atoms with E-state index in [1.54, 1.807) is 0 Å². The molecule has 3 aliphatic rings. The Hall–Kier alpha value is -0.570. The number of amides is 1. The Kier molecular flexibility index (Phi) is 2.01. The number of hydrogen-bond donors (Lipinski definition) is 1. The minimum absolute atomic E-state index is 0.384. The third-order valence-corrected chi connectivity index (χ3v) is 4.18. The number of nitrogens with one attached hydrogen (secondary N) is 1. The number of rotatable bonds is 1. The molecule has 0 aromatic rings. The molecule has 2 saturated heterocycles. The molecular weight excluding hydrogens is 176 g/mol. The van der Waals surface area contributed by atoms with Gasteiger partial charge in [-0.1, -0.05) is 6.42 Å². The third kappa shape index (κ3) is 1.18. The van der Waals surface area contributed by atoms with E-state index in [1.807, 2.05) is 0 Å². The molecule has 0 bridgehead atoms. The van der Waals surface area contributed by atoms with Crippen LogP contribution in [0.3, 0.4) is 0 Å². The van der Waals surface area contributed by atoms with Crippen LogP contribution in [-0.2, 0) is 4.79 Å². The summed E-state index contributed by atoms with van der Waals surface area (Å²) in [7, 11) is 0. The third-order valence-electron chi connectivity index (χ3n) is 4.18. The molecule has 2 heterocycles. The lowest BCUT2D eigenvalue weighted by Crippen LogP contribution is -2.44. The SMILES string of the molecule is O=C(C1CCC1)N1CC[C@@H]2CNC[C@@H]21. The van der Waals surface area contributed by atoms with Crippen molar-refractivity contribution >= 4 is 5.91 Å². The van der Waals surface area contributed by atoms with Gasteiger partial charge in [-0.15, -0.1) is 0 Å². The first kappa shape index (κ1) is 8.72. The van der Waals surface area contributed by atoms with Crippen molar-refractivity contribution < 1.29 is 4.79 Å². The molecule has 78 valence electrons. The molecule has 2 aliphatic heterocycles.